The third-order valence-corrected chi connectivity index (χ3v) is 3.48. The molecule has 6 nitrogen and oxygen atoms in total. The lowest BCUT2D eigenvalue weighted by molar-refractivity contribution is -0.139. The van der Waals surface area contributed by atoms with Gasteiger partial charge in [-0.1, -0.05) is 23.7 Å². The number of nitrogens with zero attached hydrogens (tertiary/aromatic N) is 2. The second-order valence-electron chi connectivity index (χ2n) is 4.63. The summed E-state index contributed by atoms with van der Waals surface area (Å²) in [5.41, 5.74) is 1.24. The molecule has 1 aromatic carbocycles. The smallest absolute Gasteiger partial charge is 0.307 e. The lowest BCUT2D eigenvalue weighted by atomic mass is 10.3. The highest BCUT2D eigenvalue weighted by Crippen LogP contribution is 2.39. The maximum Gasteiger partial charge on any atom is 0.307 e. The Balaban J connectivity index is 1.82. The van der Waals surface area contributed by atoms with Crippen molar-refractivity contribution in [3.63, 3.8) is 0 Å². The van der Waals surface area contributed by atoms with E-state index in [1.165, 1.54) is 0 Å². The molecule has 20 heavy (non-hydrogen) atoms. The van der Waals surface area contributed by atoms with Crippen LogP contribution in [0.15, 0.2) is 24.3 Å². The average Bonchev–Trinajstić information content (AvgIpc) is 3.20. The molecule has 3 rings (SSSR count). The first-order chi connectivity index (χ1) is 9.56. The number of halogens is 1. The molecule has 1 aromatic heterocycles. The highest BCUT2D eigenvalue weighted by Gasteiger charge is 2.48. The van der Waals surface area contributed by atoms with E-state index in [4.69, 9.17) is 16.7 Å². The Bertz CT molecular complexity index is 719. The van der Waals surface area contributed by atoms with Gasteiger partial charge in [-0.05, 0) is 18.6 Å². The van der Waals surface area contributed by atoms with Crippen LogP contribution in [0.4, 0.5) is 5.82 Å². The van der Waals surface area contributed by atoms with Gasteiger partial charge >= 0.3 is 5.97 Å². The van der Waals surface area contributed by atoms with Crippen LogP contribution in [0.25, 0.3) is 11.0 Å². The molecule has 0 spiro atoms. The van der Waals surface area contributed by atoms with Crippen LogP contribution in [-0.4, -0.2) is 27.0 Å². The molecule has 1 heterocycles. The van der Waals surface area contributed by atoms with E-state index in [-0.39, 0.29) is 16.9 Å². The zero-order valence-corrected chi connectivity index (χ0v) is 11.0. The van der Waals surface area contributed by atoms with Gasteiger partial charge in [-0.3, -0.25) is 9.59 Å². The summed E-state index contributed by atoms with van der Waals surface area (Å²) in [6.45, 7) is 0. The van der Waals surface area contributed by atoms with Crippen molar-refractivity contribution < 1.29 is 14.7 Å². The van der Waals surface area contributed by atoms with Gasteiger partial charge in [-0.2, -0.15) is 0 Å². The van der Waals surface area contributed by atoms with Gasteiger partial charge in [0.2, 0.25) is 5.91 Å². The molecule has 1 amide bonds. The molecule has 0 radical (unpaired) electrons. The number of hydrogen-bond acceptors (Lipinski definition) is 4. The van der Waals surface area contributed by atoms with Crippen molar-refractivity contribution in [2.75, 3.05) is 5.32 Å². The van der Waals surface area contributed by atoms with E-state index >= 15 is 0 Å². The highest BCUT2D eigenvalue weighted by atomic mass is 35.5. The third-order valence-electron chi connectivity index (χ3n) is 3.21. The maximum absolute atomic E-state index is 11.9. The first-order valence-corrected chi connectivity index (χ1v) is 6.40. The Kier molecular flexibility index (Phi) is 3.02. The monoisotopic (exact) mass is 291 g/mol. The number of carboxylic acid groups (broad SMARTS) is 1. The molecule has 1 aliphatic carbocycles. The van der Waals surface area contributed by atoms with Crippen molar-refractivity contribution in [1.82, 2.24) is 9.97 Å². The molecule has 2 aromatic rings. The molecule has 102 valence electrons. The molecule has 2 atom stereocenters. The van der Waals surface area contributed by atoms with E-state index < -0.39 is 17.8 Å². The molecule has 0 bridgehead atoms. The van der Waals surface area contributed by atoms with Crippen LogP contribution >= 0.6 is 11.6 Å². The van der Waals surface area contributed by atoms with E-state index in [0.29, 0.717) is 17.5 Å². The van der Waals surface area contributed by atoms with Gasteiger partial charge in [0.1, 0.15) is 0 Å². The molecule has 2 N–H and O–H groups in total. The fraction of sp³-hybridized carbons (Fsp3) is 0.231. The predicted octanol–water partition coefficient (Wildman–Crippen LogP) is 1.94. The zero-order valence-electron chi connectivity index (χ0n) is 10.2. The van der Waals surface area contributed by atoms with Gasteiger partial charge in [0.05, 0.1) is 22.9 Å². The van der Waals surface area contributed by atoms with Crippen LogP contribution in [0, 0.1) is 11.8 Å². The van der Waals surface area contributed by atoms with Crippen LogP contribution in [0.1, 0.15) is 6.42 Å². The minimum Gasteiger partial charge on any atom is -0.481 e. The number of anilines is 1. The number of fused-ring (bicyclic) bond motifs is 1. The fourth-order valence-electron chi connectivity index (χ4n) is 2.03. The van der Waals surface area contributed by atoms with Crippen molar-refractivity contribution in [2.45, 2.75) is 6.42 Å². The molecule has 0 aliphatic heterocycles. The molecule has 0 saturated heterocycles. The van der Waals surface area contributed by atoms with Gasteiger partial charge in [0.15, 0.2) is 11.0 Å². The summed E-state index contributed by atoms with van der Waals surface area (Å²) in [4.78, 5) is 31.0. The first-order valence-electron chi connectivity index (χ1n) is 6.02. The molecular weight excluding hydrogens is 282 g/mol. The molecule has 2 unspecified atom stereocenters. The lowest BCUT2D eigenvalue weighted by Crippen LogP contribution is -2.18. The van der Waals surface area contributed by atoms with E-state index in [0.717, 1.165) is 0 Å². The quantitative estimate of drug-likeness (QED) is 0.901. The second kappa shape index (κ2) is 4.72. The second-order valence-corrected chi connectivity index (χ2v) is 4.99. The normalized spacial score (nSPS) is 20.6. The largest absolute Gasteiger partial charge is 0.481 e. The Labute approximate surface area is 118 Å². The molecule has 7 heteroatoms. The number of carbonyl (C=O) groups is 2. The summed E-state index contributed by atoms with van der Waals surface area (Å²) in [5.74, 6) is -2.31. The summed E-state index contributed by atoms with van der Waals surface area (Å²) in [5, 5.41) is 11.4. The zero-order chi connectivity index (χ0) is 14.3. The molecular formula is C13H10ClN3O3. The summed E-state index contributed by atoms with van der Waals surface area (Å²) in [7, 11) is 0. The predicted molar refractivity (Wildman–Crippen MR) is 72.4 cm³/mol. The van der Waals surface area contributed by atoms with E-state index in [1.54, 1.807) is 18.2 Å². The van der Waals surface area contributed by atoms with Gasteiger partial charge in [-0.15, -0.1) is 0 Å². The highest BCUT2D eigenvalue weighted by molar-refractivity contribution is 6.32. The van der Waals surface area contributed by atoms with Gasteiger partial charge < -0.3 is 10.4 Å². The SMILES string of the molecule is O=C(O)C1CC1C(=O)Nc1nc2ccccc2nc1Cl. The number of amides is 1. The number of hydrogen-bond donors (Lipinski definition) is 2. The van der Waals surface area contributed by atoms with Crippen LogP contribution in [-0.2, 0) is 9.59 Å². The first kappa shape index (κ1) is 12.8. The van der Waals surface area contributed by atoms with Gasteiger partial charge in [-0.25, -0.2) is 9.97 Å². The number of nitrogens with one attached hydrogen (secondary N) is 1. The summed E-state index contributed by atoms with van der Waals surface area (Å²) < 4.78 is 0. The van der Waals surface area contributed by atoms with Crippen molar-refractivity contribution in [3.05, 3.63) is 29.4 Å². The average molecular weight is 292 g/mol. The minimum absolute atomic E-state index is 0.0876. The summed E-state index contributed by atoms with van der Waals surface area (Å²) in [6, 6.07) is 7.14. The van der Waals surface area contributed by atoms with Crippen LogP contribution < -0.4 is 5.32 Å². The van der Waals surface area contributed by atoms with Crippen LogP contribution in [0.5, 0.6) is 0 Å². The third kappa shape index (κ3) is 2.30. The minimum atomic E-state index is -0.958. The van der Waals surface area contributed by atoms with Crippen molar-refractivity contribution >= 4 is 40.3 Å². The summed E-state index contributed by atoms with van der Waals surface area (Å²) >= 11 is 5.97. The topological polar surface area (TPSA) is 92.2 Å². The van der Waals surface area contributed by atoms with E-state index in [1.807, 2.05) is 6.07 Å². The standard InChI is InChI=1S/C13H10ClN3O3/c14-10-11(16-9-4-2-1-3-8(9)15-10)17-12(18)6-5-7(6)13(19)20/h1-4,6-7H,5H2,(H,19,20)(H,16,17,18). The van der Waals surface area contributed by atoms with Gasteiger partial charge in [0.25, 0.3) is 0 Å². The number of rotatable bonds is 3. The lowest BCUT2D eigenvalue weighted by Gasteiger charge is -2.06. The number of para-hydroxylation sites is 2. The number of carbonyl (C=O) groups excluding carboxylic acids is 1. The molecule has 1 aliphatic rings. The maximum atomic E-state index is 11.9. The summed E-state index contributed by atoms with van der Waals surface area (Å²) in [6.07, 6.45) is 0.347. The number of aliphatic carboxylic acids is 1. The molecule has 1 saturated carbocycles. The van der Waals surface area contributed by atoms with E-state index in [2.05, 4.69) is 15.3 Å². The molecule has 1 fully saturated rings. The van der Waals surface area contributed by atoms with Gasteiger partial charge in [0, 0.05) is 0 Å². The van der Waals surface area contributed by atoms with Crippen molar-refractivity contribution in [2.24, 2.45) is 11.8 Å². The Morgan fingerprint density at radius 3 is 2.45 bits per heavy atom. The number of aromatic nitrogens is 2. The fourth-order valence-corrected chi connectivity index (χ4v) is 2.21. The Morgan fingerprint density at radius 1 is 1.20 bits per heavy atom. The Hall–Kier alpha value is -2.21. The van der Waals surface area contributed by atoms with E-state index in [9.17, 15) is 9.59 Å². The Morgan fingerprint density at radius 2 is 1.85 bits per heavy atom. The van der Waals surface area contributed by atoms with Crippen LogP contribution in [0.2, 0.25) is 5.15 Å². The van der Waals surface area contributed by atoms with Crippen molar-refractivity contribution in [3.8, 4) is 0 Å². The number of carboxylic acids is 1. The van der Waals surface area contributed by atoms with Crippen LogP contribution in [0.3, 0.4) is 0 Å². The number of benzene rings is 1. The van der Waals surface area contributed by atoms with Crippen molar-refractivity contribution in [1.29, 1.82) is 0 Å².